The maximum atomic E-state index is 12.6. The normalized spacial score (nSPS) is 24.3. The summed E-state index contributed by atoms with van der Waals surface area (Å²) < 4.78 is 5.34. The number of Topliss-reactive ketones (excluding diaryl/α,β-unsaturated/α-hetero) is 1. The molecule has 2 aliphatic carbocycles. The first-order valence-electron chi connectivity index (χ1n) is 11.1. The molecule has 152 valence electrons. The van der Waals surface area contributed by atoms with Crippen molar-refractivity contribution in [2.24, 2.45) is 17.8 Å². The summed E-state index contributed by atoms with van der Waals surface area (Å²) in [6, 6.07) is 12.8. The number of furan rings is 1. The molecule has 3 unspecified atom stereocenters. The number of hydrogen-bond acceptors (Lipinski definition) is 2. The zero-order valence-electron chi connectivity index (χ0n) is 17.7. The number of carbonyl (C=O) groups excluding carboxylic acids is 1. The molecule has 29 heavy (non-hydrogen) atoms. The van der Waals surface area contributed by atoms with E-state index < -0.39 is 0 Å². The maximum Gasteiger partial charge on any atom is 0.137 e. The molecule has 0 bridgehead atoms. The highest BCUT2D eigenvalue weighted by Crippen LogP contribution is 2.48. The van der Waals surface area contributed by atoms with Crippen molar-refractivity contribution in [2.75, 3.05) is 0 Å². The quantitative estimate of drug-likeness (QED) is 0.514. The first kappa shape index (κ1) is 19.9. The number of rotatable bonds is 7. The minimum absolute atomic E-state index is 0.301. The third-order valence-electron chi connectivity index (χ3n) is 6.80. The van der Waals surface area contributed by atoms with Crippen molar-refractivity contribution in [1.29, 1.82) is 0 Å². The van der Waals surface area contributed by atoms with E-state index in [4.69, 9.17) is 4.42 Å². The summed E-state index contributed by atoms with van der Waals surface area (Å²) >= 11 is 0. The molecule has 1 heterocycles. The second-order valence-electron chi connectivity index (χ2n) is 8.91. The molecule has 1 aromatic carbocycles. The fourth-order valence-corrected chi connectivity index (χ4v) is 5.29. The number of ketones is 1. The van der Waals surface area contributed by atoms with E-state index in [1.165, 1.54) is 42.4 Å². The second-order valence-corrected chi connectivity index (χ2v) is 8.91. The van der Waals surface area contributed by atoms with Crippen molar-refractivity contribution < 1.29 is 9.21 Å². The SMILES string of the molecule is Cc1cc(CC(=O)CCC2=CC=C(c3ccccc3)C2C2CCCCC2C)co1. The van der Waals surface area contributed by atoms with Crippen molar-refractivity contribution in [3.05, 3.63) is 77.3 Å². The van der Waals surface area contributed by atoms with Gasteiger partial charge in [-0.3, -0.25) is 4.79 Å². The zero-order chi connectivity index (χ0) is 20.2. The molecule has 0 spiro atoms. The molecule has 3 atom stereocenters. The van der Waals surface area contributed by atoms with E-state index >= 15 is 0 Å². The van der Waals surface area contributed by atoms with E-state index in [-0.39, 0.29) is 0 Å². The number of benzene rings is 1. The van der Waals surface area contributed by atoms with Crippen molar-refractivity contribution >= 4 is 11.4 Å². The van der Waals surface area contributed by atoms with E-state index in [2.05, 4.69) is 49.4 Å². The molecule has 0 saturated heterocycles. The van der Waals surface area contributed by atoms with Crippen LogP contribution < -0.4 is 0 Å². The lowest BCUT2D eigenvalue weighted by atomic mass is 9.68. The number of allylic oxidation sites excluding steroid dienone is 4. The summed E-state index contributed by atoms with van der Waals surface area (Å²) in [7, 11) is 0. The zero-order valence-corrected chi connectivity index (χ0v) is 17.7. The number of aryl methyl sites for hydroxylation is 1. The molecule has 0 N–H and O–H groups in total. The van der Waals surface area contributed by atoms with E-state index in [0.29, 0.717) is 30.5 Å². The monoisotopic (exact) mass is 388 g/mol. The van der Waals surface area contributed by atoms with Gasteiger partial charge in [0.05, 0.1) is 6.26 Å². The Bertz CT molecular complexity index is 900. The molecule has 2 aliphatic rings. The van der Waals surface area contributed by atoms with Gasteiger partial charge in [-0.05, 0) is 54.4 Å². The van der Waals surface area contributed by atoms with E-state index in [1.54, 1.807) is 6.26 Å². The molecule has 1 aromatic heterocycles. The van der Waals surface area contributed by atoms with Gasteiger partial charge in [0.25, 0.3) is 0 Å². The number of hydrogen-bond donors (Lipinski definition) is 0. The van der Waals surface area contributed by atoms with Crippen molar-refractivity contribution in [1.82, 2.24) is 0 Å². The average molecular weight is 389 g/mol. The van der Waals surface area contributed by atoms with Crippen LogP contribution in [0.2, 0.25) is 0 Å². The van der Waals surface area contributed by atoms with E-state index in [0.717, 1.165) is 23.7 Å². The Labute approximate surface area is 174 Å². The topological polar surface area (TPSA) is 30.2 Å². The fraction of sp³-hybridized carbons (Fsp3) is 0.444. The Morgan fingerprint density at radius 2 is 1.90 bits per heavy atom. The predicted molar refractivity (Wildman–Crippen MR) is 119 cm³/mol. The number of carbonyl (C=O) groups is 1. The first-order chi connectivity index (χ1) is 14.1. The second kappa shape index (κ2) is 8.98. The van der Waals surface area contributed by atoms with Gasteiger partial charge in [0.1, 0.15) is 11.5 Å². The van der Waals surface area contributed by atoms with Gasteiger partial charge in [-0.1, -0.05) is 74.2 Å². The highest BCUT2D eigenvalue weighted by atomic mass is 16.3. The summed E-state index contributed by atoms with van der Waals surface area (Å²) in [5.74, 6) is 3.07. The van der Waals surface area contributed by atoms with Crippen LogP contribution in [0.25, 0.3) is 5.57 Å². The Hall–Kier alpha value is -2.35. The minimum atomic E-state index is 0.301. The molecule has 1 saturated carbocycles. The molecule has 0 aliphatic heterocycles. The van der Waals surface area contributed by atoms with E-state index in [9.17, 15) is 4.79 Å². The Kier molecular flexibility index (Phi) is 6.18. The van der Waals surface area contributed by atoms with Crippen LogP contribution in [0, 0.1) is 24.7 Å². The van der Waals surface area contributed by atoms with E-state index in [1.807, 2.05) is 13.0 Å². The lowest BCUT2D eigenvalue weighted by molar-refractivity contribution is -0.118. The summed E-state index contributed by atoms with van der Waals surface area (Å²) in [5, 5.41) is 0. The Morgan fingerprint density at radius 3 is 2.62 bits per heavy atom. The van der Waals surface area contributed by atoms with Crippen LogP contribution >= 0.6 is 0 Å². The summed E-state index contributed by atoms with van der Waals surface area (Å²) in [4.78, 5) is 12.6. The molecule has 2 aromatic rings. The molecule has 0 radical (unpaired) electrons. The highest BCUT2D eigenvalue weighted by molar-refractivity contribution is 5.81. The van der Waals surface area contributed by atoms with Gasteiger partial charge in [-0.2, -0.15) is 0 Å². The summed E-state index contributed by atoms with van der Waals surface area (Å²) in [5.41, 5.74) is 5.24. The standard InChI is InChI=1S/C27H32O2/c1-19-8-6-7-11-25(19)27-23(13-15-26(27)22-9-4-3-5-10-22)12-14-24(28)17-21-16-20(2)29-18-21/h3-5,9-10,13,15-16,18-19,25,27H,6-8,11-12,14,17H2,1-2H3. The molecule has 2 nitrogen and oxygen atoms in total. The Morgan fingerprint density at radius 1 is 1.10 bits per heavy atom. The lowest BCUT2D eigenvalue weighted by Crippen LogP contribution is -2.26. The van der Waals surface area contributed by atoms with Crippen LogP contribution in [-0.4, -0.2) is 5.78 Å². The van der Waals surface area contributed by atoms with Gasteiger partial charge in [0.15, 0.2) is 0 Å². The van der Waals surface area contributed by atoms with Crippen molar-refractivity contribution in [2.45, 2.75) is 58.8 Å². The predicted octanol–water partition coefficient (Wildman–Crippen LogP) is 6.95. The van der Waals surface area contributed by atoms with Gasteiger partial charge in [-0.15, -0.1) is 0 Å². The lowest BCUT2D eigenvalue weighted by Gasteiger charge is -2.37. The third-order valence-corrected chi connectivity index (χ3v) is 6.80. The molecular weight excluding hydrogens is 356 g/mol. The van der Waals surface area contributed by atoms with Crippen LogP contribution in [0.1, 0.15) is 62.3 Å². The molecule has 4 rings (SSSR count). The molecular formula is C27H32O2. The van der Waals surface area contributed by atoms with Crippen LogP contribution in [0.4, 0.5) is 0 Å². The van der Waals surface area contributed by atoms with Crippen LogP contribution in [0.3, 0.4) is 0 Å². The summed E-state index contributed by atoms with van der Waals surface area (Å²) in [6.07, 6.45) is 13.6. The van der Waals surface area contributed by atoms with Gasteiger partial charge >= 0.3 is 0 Å². The van der Waals surface area contributed by atoms with Crippen LogP contribution in [0.5, 0.6) is 0 Å². The molecule has 2 heteroatoms. The first-order valence-corrected chi connectivity index (χ1v) is 11.1. The third kappa shape index (κ3) is 4.63. The van der Waals surface area contributed by atoms with Crippen molar-refractivity contribution in [3.63, 3.8) is 0 Å². The van der Waals surface area contributed by atoms with Gasteiger partial charge in [0.2, 0.25) is 0 Å². The fourth-order valence-electron chi connectivity index (χ4n) is 5.29. The average Bonchev–Trinajstić information content (AvgIpc) is 3.33. The van der Waals surface area contributed by atoms with Gasteiger partial charge in [0, 0.05) is 18.8 Å². The van der Waals surface area contributed by atoms with Gasteiger partial charge in [-0.25, -0.2) is 0 Å². The molecule has 1 fully saturated rings. The highest BCUT2D eigenvalue weighted by Gasteiger charge is 2.35. The Balaban J connectivity index is 1.47. The smallest absolute Gasteiger partial charge is 0.137 e. The maximum absolute atomic E-state index is 12.6. The minimum Gasteiger partial charge on any atom is -0.469 e. The molecule has 0 amide bonds. The van der Waals surface area contributed by atoms with Crippen molar-refractivity contribution in [3.8, 4) is 0 Å². The summed E-state index contributed by atoms with van der Waals surface area (Å²) in [6.45, 7) is 4.35. The largest absolute Gasteiger partial charge is 0.469 e. The van der Waals surface area contributed by atoms with Gasteiger partial charge < -0.3 is 4.42 Å². The van der Waals surface area contributed by atoms with Crippen LogP contribution in [-0.2, 0) is 11.2 Å². The van der Waals surface area contributed by atoms with Crippen LogP contribution in [0.15, 0.2) is 64.8 Å².